The van der Waals surface area contributed by atoms with Crippen molar-refractivity contribution in [2.24, 2.45) is 11.3 Å². The number of anilines is 2. The first kappa shape index (κ1) is 19.7. The molecule has 0 spiro atoms. The van der Waals surface area contributed by atoms with Gasteiger partial charge in [0.1, 0.15) is 0 Å². The van der Waals surface area contributed by atoms with E-state index in [1.165, 1.54) is 12.1 Å². The molecule has 4 rings (SSSR count). The number of amides is 2. The van der Waals surface area contributed by atoms with Crippen LogP contribution in [0.2, 0.25) is 0 Å². The summed E-state index contributed by atoms with van der Waals surface area (Å²) < 4.78 is 33.5. The molecular weight excluding hydrogens is 390 g/mol. The minimum atomic E-state index is -3.76. The average molecular weight is 416 g/mol. The Hall–Kier alpha value is -2.58. The fraction of sp³-hybridized carbons (Fsp3) is 0.381. The number of nitrogens with one attached hydrogen (secondary N) is 3. The monoisotopic (exact) mass is 415 g/mol. The molecule has 29 heavy (non-hydrogen) atoms. The number of sulfonamides is 1. The summed E-state index contributed by atoms with van der Waals surface area (Å²) in [4.78, 5) is 12.6. The number of urea groups is 1. The van der Waals surface area contributed by atoms with E-state index in [0.717, 1.165) is 13.0 Å². The first-order valence-electron chi connectivity index (χ1n) is 9.64. The third kappa shape index (κ3) is 3.82. The van der Waals surface area contributed by atoms with Gasteiger partial charge in [-0.15, -0.1) is 0 Å². The van der Waals surface area contributed by atoms with Crippen LogP contribution in [0.1, 0.15) is 20.3 Å². The average Bonchev–Trinajstić information content (AvgIpc) is 3.14. The van der Waals surface area contributed by atoms with E-state index < -0.39 is 10.0 Å². The summed E-state index contributed by atoms with van der Waals surface area (Å²) in [5.74, 6) is 0.331. The van der Waals surface area contributed by atoms with Crippen LogP contribution < -0.4 is 15.4 Å². The Morgan fingerprint density at radius 3 is 2.55 bits per heavy atom. The van der Waals surface area contributed by atoms with E-state index in [4.69, 9.17) is 4.74 Å². The first-order chi connectivity index (χ1) is 13.8. The number of ether oxygens (including phenoxy) is 1. The Bertz CT molecular complexity index is 1010. The second kappa shape index (κ2) is 7.35. The smallest absolute Gasteiger partial charge is 0.319 e. The maximum Gasteiger partial charge on any atom is 0.319 e. The topological polar surface area (TPSA) is 96.5 Å². The van der Waals surface area contributed by atoms with Gasteiger partial charge in [-0.1, -0.05) is 38.1 Å². The van der Waals surface area contributed by atoms with E-state index in [2.05, 4.69) is 29.2 Å². The van der Waals surface area contributed by atoms with Gasteiger partial charge in [-0.3, -0.25) is 4.72 Å². The van der Waals surface area contributed by atoms with Crippen molar-refractivity contribution in [1.29, 1.82) is 0 Å². The Balaban J connectivity index is 1.43. The Kier molecular flexibility index (Phi) is 5.00. The van der Waals surface area contributed by atoms with Crippen LogP contribution in [0.3, 0.4) is 0 Å². The van der Waals surface area contributed by atoms with Crippen molar-refractivity contribution in [3.8, 4) is 0 Å². The summed E-state index contributed by atoms with van der Waals surface area (Å²) in [5.41, 5.74) is 0.766. The van der Waals surface area contributed by atoms with Gasteiger partial charge in [-0.25, -0.2) is 13.2 Å². The van der Waals surface area contributed by atoms with E-state index in [0.29, 0.717) is 17.3 Å². The van der Waals surface area contributed by atoms with Gasteiger partial charge in [0.2, 0.25) is 0 Å². The van der Waals surface area contributed by atoms with Gasteiger partial charge in [0, 0.05) is 35.4 Å². The highest BCUT2D eigenvalue weighted by atomic mass is 32.2. The molecule has 2 fully saturated rings. The number of hydrogen-bond donors (Lipinski definition) is 3. The fourth-order valence-corrected chi connectivity index (χ4v) is 5.49. The van der Waals surface area contributed by atoms with Crippen molar-refractivity contribution in [1.82, 2.24) is 5.32 Å². The zero-order valence-corrected chi connectivity index (χ0v) is 17.2. The molecule has 1 heterocycles. The maximum absolute atomic E-state index is 12.6. The number of hydrogen-bond acceptors (Lipinski definition) is 4. The molecule has 7 nitrogen and oxygen atoms in total. The van der Waals surface area contributed by atoms with Crippen molar-refractivity contribution in [3.63, 3.8) is 0 Å². The van der Waals surface area contributed by atoms with Gasteiger partial charge >= 0.3 is 6.03 Å². The Morgan fingerprint density at radius 2 is 1.79 bits per heavy atom. The second-order valence-electron chi connectivity index (χ2n) is 8.14. The minimum Gasteiger partial charge on any atom is -0.377 e. The highest BCUT2D eigenvalue weighted by molar-refractivity contribution is 7.92. The third-order valence-corrected chi connectivity index (χ3v) is 7.19. The molecule has 0 bridgehead atoms. The van der Waals surface area contributed by atoms with E-state index in [1.807, 2.05) is 6.07 Å². The maximum atomic E-state index is 12.6. The van der Waals surface area contributed by atoms with Gasteiger partial charge in [-0.05, 0) is 36.8 Å². The Labute approximate surface area is 170 Å². The van der Waals surface area contributed by atoms with Crippen LogP contribution in [-0.2, 0) is 14.8 Å². The number of carbonyl (C=O) groups excluding carboxylic acids is 1. The van der Waals surface area contributed by atoms with Crippen LogP contribution in [0.25, 0.3) is 0 Å². The van der Waals surface area contributed by atoms with Gasteiger partial charge in [0.15, 0.2) is 0 Å². The number of carbonyl (C=O) groups is 1. The van der Waals surface area contributed by atoms with E-state index >= 15 is 0 Å². The van der Waals surface area contributed by atoms with E-state index in [9.17, 15) is 13.2 Å². The van der Waals surface area contributed by atoms with Gasteiger partial charge < -0.3 is 15.4 Å². The lowest BCUT2D eigenvalue weighted by molar-refractivity contribution is -0.107. The summed E-state index contributed by atoms with van der Waals surface area (Å²) in [5, 5.41) is 5.78. The summed E-state index contributed by atoms with van der Waals surface area (Å²) in [6.45, 7) is 4.91. The normalized spacial score (nSPS) is 24.8. The molecule has 1 aliphatic heterocycles. The minimum absolute atomic E-state index is 0.0293. The summed E-state index contributed by atoms with van der Waals surface area (Å²) in [6, 6.07) is 14.5. The number of fused-ring (bicyclic) bond motifs is 1. The second-order valence-corrected chi connectivity index (χ2v) is 9.82. The molecular formula is C21H25N3O4S. The zero-order chi connectivity index (χ0) is 20.6. The lowest BCUT2D eigenvalue weighted by atomic mass is 9.57. The standard InChI is InChI=1S/C21H25N3O4S/c1-21(2)18(17-11-12-28-19(17)21)23-20(25)22-15-9-6-10-16(13-15)29(26,27)24-14-7-4-3-5-8-14/h3-10,13,17-19,24H,11-12H2,1-2H3,(H2,22,23,25). The highest BCUT2D eigenvalue weighted by Crippen LogP contribution is 2.52. The lowest BCUT2D eigenvalue weighted by Gasteiger charge is -2.54. The van der Waals surface area contributed by atoms with Crippen molar-refractivity contribution < 1.29 is 17.9 Å². The summed E-state index contributed by atoms with van der Waals surface area (Å²) >= 11 is 0. The van der Waals surface area contributed by atoms with Crippen LogP contribution in [0.5, 0.6) is 0 Å². The molecule has 3 atom stereocenters. The zero-order valence-electron chi connectivity index (χ0n) is 16.4. The van der Waals surface area contributed by atoms with Crippen molar-refractivity contribution in [2.75, 3.05) is 16.6 Å². The van der Waals surface area contributed by atoms with Crippen LogP contribution in [-0.4, -0.2) is 33.2 Å². The van der Waals surface area contributed by atoms with Crippen molar-refractivity contribution in [3.05, 3.63) is 54.6 Å². The molecule has 2 aliphatic rings. The number of benzene rings is 2. The molecule has 2 aromatic carbocycles. The van der Waals surface area contributed by atoms with Crippen LogP contribution in [0.4, 0.5) is 16.2 Å². The fourth-order valence-electron chi connectivity index (χ4n) is 4.39. The van der Waals surface area contributed by atoms with Crippen molar-refractivity contribution in [2.45, 2.75) is 37.3 Å². The summed E-state index contributed by atoms with van der Waals surface area (Å²) in [6.07, 6.45) is 1.13. The van der Waals surface area contributed by atoms with Crippen LogP contribution >= 0.6 is 0 Å². The molecule has 1 saturated heterocycles. The van der Waals surface area contributed by atoms with Crippen molar-refractivity contribution >= 4 is 27.4 Å². The van der Waals surface area contributed by atoms with Crippen LogP contribution in [0, 0.1) is 11.3 Å². The number of para-hydroxylation sites is 1. The molecule has 1 saturated carbocycles. The highest BCUT2D eigenvalue weighted by Gasteiger charge is 2.59. The Morgan fingerprint density at radius 1 is 1.07 bits per heavy atom. The molecule has 3 unspecified atom stereocenters. The molecule has 2 aromatic rings. The van der Waals surface area contributed by atoms with E-state index in [1.54, 1.807) is 36.4 Å². The SMILES string of the molecule is CC1(C)C(NC(=O)Nc2cccc(S(=O)(=O)Nc3ccccc3)c2)C2CCOC21. The number of rotatable bonds is 5. The van der Waals surface area contributed by atoms with Gasteiger partial charge in [0.05, 0.1) is 11.0 Å². The molecule has 0 radical (unpaired) electrons. The van der Waals surface area contributed by atoms with Gasteiger partial charge in [-0.2, -0.15) is 0 Å². The quantitative estimate of drug-likeness (QED) is 0.697. The molecule has 154 valence electrons. The lowest BCUT2D eigenvalue weighted by Crippen LogP contribution is -2.67. The molecule has 1 aliphatic carbocycles. The van der Waals surface area contributed by atoms with Gasteiger partial charge in [0.25, 0.3) is 10.0 Å². The van der Waals surface area contributed by atoms with E-state index in [-0.39, 0.29) is 28.5 Å². The summed E-state index contributed by atoms with van der Waals surface area (Å²) in [7, 11) is -3.76. The molecule has 3 N–H and O–H groups in total. The molecule has 2 amide bonds. The predicted octanol–water partition coefficient (Wildman–Crippen LogP) is 3.42. The first-order valence-corrected chi connectivity index (χ1v) is 11.1. The predicted molar refractivity (Wildman–Crippen MR) is 111 cm³/mol. The largest absolute Gasteiger partial charge is 0.377 e. The molecule has 8 heteroatoms. The molecule has 0 aromatic heterocycles. The van der Waals surface area contributed by atoms with Crippen LogP contribution in [0.15, 0.2) is 59.5 Å². The third-order valence-electron chi connectivity index (χ3n) is 5.82.